The molecule has 29 heavy (non-hydrogen) atoms. The van der Waals surface area contributed by atoms with E-state index in [1.807, 2.05) is 0 Å². The maximum Gasteiger partial charge on any atom is 0.238 e. The van der Waals surface area contributed by atoms with E-state index in [-0.39, 0.29) is 16.5 Å². The fourth-order valence-corrected chi connectivity index (χ4v) is 3.96. The molecule has 0 amide bonds. The Morgan fingerprint density at radius 1 is 0.793 bits per heavy atom. The summed E-state index contributed by atoms with van der Waals surface area (Å²) in [6.07, 6.45) is 0.987. The number of hydrogen-bond donors (Lipinski definition) is 2. The van der Waals surface area contributed by atoms with Crippen molar-refractivity contribution in [3.8, 4) is 0 Å². The van der Waals surface area contributed by atoms with Crippen molar-refractivity contribution in [2.45, 2.75) is 17.7 Å². The van der Waals surface area contributed by atoms with Gasteiger partial charge in [0.25, 0.3) is 0 Å². The van der Waals surface area contributed by atoms with Crippen molar-refractivity contribution in [1.29, 1.82) is 0 Å². The number of nitrogens with one attached hydrogen (secondary N) is 1. The molecule has 0 saturated carbocycles. The molecule has 3 aromatic carbocycles. The van der Waals surface area contributed by atoms with Gasteiger partial charge in [-0.2, -0.15) is 0 Å². The molecule has 0 aliphatic rings. The third kappa shape index (κ3) is 4.21. The van der Waals surface area contributed by atoms with Crippen LogP contribution in [0.2, 0.25) is 0 Å². The number of halogens is 2. The van der Waals surface area contributed by atoms with E-state index >= 15 is 0 Å². The SMILES string of the molecule is NS(=O)(=O)c1ccc2[nH]c(Cc3ccc(F)cc3)c(Cc3ccc(F)cc3)c2c1. The molecule has 0 atom stereocenters. The molecule has 3 N–H and O–H groups in total. The standard InChI is InChI=1S/C22H18F2N2O2S/c23-16-5-1-14(2-6-16)11-19-20-13-18(29(25,27)28)9-10-21(20)26-22(19)12-15-3-7-17(24)8-4-15/h1-10,13,26H,11-12H2,(H2,25,27,28). The van der Waals surface area contributed by atoms with Gasteiger partial charge in [-0.25, -0.2) is 22.3 Å². The molecular formula is C22H18F2N2O2S. The van der Waals surface area contributed by atoms with Crippen LogP contribution in [0.1, 0.15) is 22.4 Å². The van der Waals surface area contributed by atoms with Crippen LogP contribution in [-0.4, -0.2) is 13.4 Å². The number of primary sulfonamides is 1. The van der Waals surface area contributed by atoms with E-state index in [0.29, 0.717) is 12.8 Å². The highest BCUT2D eigenvalue weighted by molar-refractivity contribution is 7.89. The van der Waals surface area contributed by atoms with Crippen molar-refractivity contribution in [3.05, 3.63) is 101 Å². The van der Waals surface area contributed by atoms with Gasteiger partial charge in [0.15, 0.2) is 0 Å². The van der Waals surface area contributed by atoms with Gasteiger partial charge in [0, 0.05) is 23.0 Å². The van der Waals surface area contributed by atoms with Gasteiger partial charge in [-0.1, -0.05) is 24.3 Å². The summed E-state index contributed by atoms with van der Waals surface area (Å²) in [7, 11) is -3.85. The van der Waals surface area contributed by atoms with Crippen molar-refractivity contribution >= 4 is 20.9 Å². The summed E-state index contributed by atoms with van der Waals surface area (Å²) in [4.78, 5) is 3.36. The summed E-state index contributed by atoms with van der Waals surface area (Å²) in [6, 6.07) is 17.1. The van der Waals surface area contributed by atoms with E-state index in [0.717, 1.165) is 33.3 Å². The molecule has 4 aromatic rings. The van der Waals surface area contributed by atoms with Crippen LogP contribution < -0.4 is 5.14 Å². The van der Waals surface area contributed by atoms with Gasteiger partial charge >= 0.3 is 0 Å². The molecular weight excluding hydrogens is 394 g/mol. The summed E-state index contributed by atoms with van der Waals surface area (Å²) >= 11 is 0. The van der Waals surface area contributed by atoms with Crippen LogP contribution in [0.4, 0.5) is 8.78 Å². The first-order valence-electron chi connectivity index (χ1n) is 8.95. The summed E-state index contributed by atoms with van der Waals surface area (Å²) in [5, 5.41) is 6.03. The van der Waals surface area contributed by atoms with Gasteiger partial charge in [-0.15, -0.1) is 0 Å². The van der Waals surface area contributed by atoms with E-state index in [9.17, 15) is 17.2 Å². The maximum atomic E-state index is 13.3. The highest BCUT2D eigenvalue weighted by Gasteiger charge is 2.16. The number of H-pyrrole nitrogens is 1. The van der Waals surface area contributed by atoms with Crippen LogP contribution in [0, 0.1) is 11.6 Å². The van der Waals surface area contributed by atoms with Crippen molar-refractivity contribution in [1.82, 2.24) is 4.98 Å². The lowest BCUT2D eigenvalue weighted by molar-refractivity contribution is 0.598. The lowest BCUT2D eigenvalue weighted by Crippen LogP contribution is -2.11. The van der Waals surface area contributed by atoms with Crippen LogP contribution in [0.15, 0.2) is 71.6 Å². The fraction of sp³-hybridized carbons (Fsp3) is 0.0909. The molecule has 0 aliphatic carbocycles. The second kappa shape index (κ2) is 7.42. The Kier molecular flexibility index (Phi) is 4.94. The second-order valence-electron chi connectivity index (χ2n) is 6.94. The van der Waals surface area contributed by atoms with Gasteiger partial charge in [0.05, 0.1) is 4.90 Å². The molecule has 0 bridgehead atoms. The zero-order valence-corrected chi connectivity index (χ0v) is 16.1. The van der Waals surface area contributed by atoms with Crippen LogP contribution in [-0.2, 0) is 22.9 Å². The van der Waals surface area contributed by atoms with E-state index < -0.39 is 10.0 Å². The van der Waals surface area contributed by atoms with Crippen molar-refractivity contribution in [3.63, 3.8) is 0 Å². The molecule has 0 radical (unpaired) electrons. The molecule has 1 heterocycles. The molecule has 0 saturated heterocycles. The first kappa shape index (κ1) is 19.3. The maximum absolute atomic E-state index is 13.3. The van der Waals surface area contributed by atoms with E-state index in [4.69, 9.17) is 5.14 Å². The summed E-state index contributed by atoms with van der Waals surface area (Å²) in [5.41, 5.74) is 4.33. The zero-order chi connectivity index (χ0) is 20.6. The Bertz CT molecular complexity index is 1280. The first-order valence-corrected chi connectivity index (χ1v) is 10.5. The van der Waals surface area contributed by atoms with Crippen LogP contribution in [0.5, 0.6) is 0 Å². The molecule has 4 rings (SSSR count). The number of sulfonamides is 1. The smallest absolute Gasteiger partial charge is 0.238 e. The molecule has 0 unspecified atom stereocenters. The number of hydrogen-bond acceptors (Lipinski definition) is 2. The lowest BCUT2D eigenvalue weighted by atomic mass is 9.98. The Balaban J connectivity index is 1.83. The van der Waals surface area contributed by atoms with Crippen molar-refractivity contribution < 1.29 is 17.2 Å². The molecule has 0 aliphatic heterocycles. The second-order valence-corrected chi connectivity index (χ2v) is 8.50. The van der Waals surface area contributed by atoms with Crippen LogP contribution in [0.25, 0.3) is 10.9 Å². The summed E-state index contributed by atoms with van der Waals surface area (Å²) in [5.74, 6) is -0.634. The highest BCUT2D eigenvalue weighted by Crippen LogP contribution is 2.29. The Morgan fingerprint density at radius 3 is 1.90 bits per heavy atom. The monoisotopic (exact) mass is 412 g/mol. The number of aromatic amines is 1. The molecule has 7 heteroatoms. The van der Waals surface area contributed by atoms with Gasteiger partial charge in [-0.3, -0.25) is 0 Å². The topological polar surface area (TPSA) is 76.0 Å². The quantitative estimate of drug-likeness (QED) is 0.513. The van der Waals surface area contributed by atoms with E-state index in [1.54, 1.807) is 36.4 Å². The first-order chi connectivity index (χ1) is 13.8. The van der Waals surface area contributed by atoms with Crippen molar-refractivity contribution in [2.24, 2.45) is 5.14 Å². The van der Waals surface area contributed by atoms with Crippen LogP contribution >= 0.6 is 0 Å². The highest BCUT2D eigenvalue weighted by atomic mass is 32.2. The van der Waals surface area contributed by atoms with Crippen LogP contribution in [0.3, 0.4) is 0 Å². The third-order valence-electron chi connectivity index (χ3n) is 4.88. The molecule has 0 fully saturated rings. The average molecular weight is 412 g/mol. The molecule has 148 valence electrons. The zero-order valence-electron chi connectivity index (χ0n) is 15.3. The summed E-state index contributed by atoms with van der Waals surface area (Å²) < 4.78 is 50.1. The van der Waals surface area contributed by atoms with E-state index in [1.165, 1.54) is 30.3 Å². The minimum atomic E-state index is -3.85. The Morgan fingerprint density at radius 2 is 1.34 bits per heavy atom. The number of nitrogens with two attached hydrogens (primary N) is 1. The lowest BCUT2D eigenvalue weighted by Gasteiger charge is -2.07. The number of fused-ring (bicyclic) bond motifs is 1. The molecule has 1 aromatic heterocycles. The molecule has 0 spiro atoms. The van der Waals surface area contributed by atoms with E-state index in [2.05, 4.69) is 4.98 Å². The normalized spacial score (nSPS) is 11.8. The Labute approximate surface area is 167 Å². The third-order valence-corrected chi connectivity index (χ3v) is 5.79. The minimum Gasteiger partial charge on any atom is -0.358 e. The minimum absolute atomic E-state index is 0.0256. The number of rotatable bonds is 5. The average Bonchev–Trinajstić information content (AvgIpc) is 3.01. The number of aromatic nitrogens is 1. The summed E-state index contributed by atoms with van der Waals surface area (Å²) in [6.45, 7) is 0. The van der Waals surface area contributed by atoms with Gasteiger partial charge < -0.3 is 4.98 Å². The number of benzene rings is 3. The largest absolute Gasteiger partial charge is 0.358 e. The predicted molar refractivity (Wildman–Crippen MR) is 108 cm³/mol. The van der Waals surface area contributed by atoms with Crippen molar-refractivity contribution in [2.75, 3.05) is 0 Å². The van der Waals surface area contributed by atoms with Gasteiger partial charge in [0.2, 0.25) is 10.0 Å². The fourth-order valence-electron chi connectivity index (χ4n) is 3.43. The van der Waals surface area contributed by atoms with Gasteiger partial charge in [0.1, 0.15) is 11.6 Å². The van der Waals surface area contributed by atoms with Gasteiger partial charge in [-0.05, 0) is 65.6 Å². The Hall–Kier alpha value is -3.03. The molecule has 4 nitrogen and oxygen atoms in total. The predicted octanol–water partition coefficient (Wildman–Crippen LogP) is 4.28.